The van der Waals surface area contributed by atoms with E-state index in [1.807, 2.05) is 25.1 Å². The van der Waals surface area contributed by atoms with Gasteiger partial charge in [0.1, 0.15) is 0 Å². The molecule has 3 heterocycles. The van der Waals surface area contributed by atoms with Gasteiger partial charge in [-0.15, -0.1) is 10.2 Å². The van der Waals surface area contributed by atoms with Crippen LogP contribution in [0.5, 0.6) is 0 Å². The molecule has 194 valence electrons. The summed E-state index contributed by atoms with van der Waals surface area (Å²) in [4.78, 5) is 14.4. The molecule has 1 saturated carbocycles. The molecular weight excluding hydrogens is 489 g/mol. The van der Waals surface area contributed by atoms with Crippen molar-refractivity contribution in [2.24, 2.45) is 5.92 Å². The highest BCUT2D eigenvalue weighted by Gasteiger charge is 2.49. The average Bonchev–Trinajstić information content (AvgIpc) is 3.46. The van der Waals surface area contributed by atoms with E-state index in [1.165, 1.54) is 11.0 Å². The molecule has 1 fully saturated rings. The van der Waals surface area contributed by atoms with Crippen LogP contribution in [0.4, 0.5) is 24.5 Å². The lowest BCUT2D eigenvalue weighted by atomic mass is 9.80. The monoisotopic (exact) mass is 514 g/mol. The molecule has 3 aromatic heterocycles. The minimum Gasteiger partial charge on any atom is -0.383 e. The molecular formula is C24H25F3N8O2. The molecule has 37 heavy (non-hydrogen) atoms. The van der Waals surface area contributed by atoms with Crippen molar-refractivity contribution in [1.82, 2.24) is 29.8 Å². The lowest BCUT2D eigenvalue weighted by Crippen LogP contribution is -2.37. The summed E-state index contributed by atoms with van der Waals surface area (Å²) in [5.41, 5.74) is 3.82. The fraction of sp³-hybridized carbons (Fsp3) is 0.375. The zero-order valence-corrected chi connectivity index (χ0v) is 20.2. The molecule has 1 aliphatic rings. The highest BCUT2D eigenvalue weighted by Crippen LogP contribution is 2.46. The number of amides is 1. The second-order valence-electron chi connectivity index (χ2n) is 9.00. The van der Waals surface area contributed by atoms with Crippen LogP contribution in [0.2, 0.25) is 0 Å². The second-order valence-corrected chi connectivity index (χ2v) is 9.00. The van der Waals surface area contributed by atoms with Crippen molar-refractivity contribution in [3.63, 3.8) is 0 Å². The molecule has 0 aliphatic heterocycles. The number of hydrogen-bond acceptors (Lipinski definition) is 7. The van der Waals surface area contributed by atoms with E-state index in [2.05, 4.69) is 31.1 Å². The molecule has 1 aliphatic carbocycles. The molecule has 0 saturated heterocycles. The number of nitrogens with one attached hydrogen (secondary N) is 2. The molecule has 10 nitrogen and oxygen atoms in total. The summed E-state index contributed by atoms with van der Waals surface area (Å²) in [6, 6.07) is 8.57. The predicted octanol–water partition coefficient (Wildman–Crippen LogP) is 4.12. The minimum atomic E-state index is -4.20. The van der Waals surface area contributed by atoms with Crippen LogP contribution in [-0.2, 0) is 4.74 Å². The number of halogens is 3. The Morgan fingerprint density at radius 3 is 2.78 bits per heavy atom. The Balaban J connectivity index is 1.32. The zero-order chi connectivity index (χ0) is 26.2. The molecule has 4 aromatic rings. The SMILES string of the molecule is COCCNc1ccn2ncc(C(=O)Nc3cc(-c4nnn([C@H]5C[C@@H](C(F)(F)F)C5)n4)ccc3C)c2c1. The number of methoxy groups -OCH3 is 1. The van der Waals surface area contributed by atoms with Gasteiger partial charge in [0.25, 0.3) is 5.91 Å². The number of rotatable bonds is 8. The second kappa shape index (κ2) is 9.81. The highest BCUT2D eigenvalue weighted by molar-refractivity contribution is 6.09. The van der Waals surface area contributed by atoms with Gasteiger partial charge in [0.15, 0.2) is 0 Å². The fourth-order valence-electron chi connectivity index (χ4n) is 4.19. The van der Waals surface area contributed by atoms with E-state index in [-0.39, 0.29) is 24.6 Å². The van der Waals surface area contributed by atoms with Crippen molar-refractivity contribution in [2.75, 3.05) is 30.9 Å². The van der Waals surface area contributed by atoms with Crippen molar-refractivity contribution >= 4 is 22.8 Å². The first-order valence-corrected chi connectivity index (χ1v) is 11.7. The maximum absolute atomic E-state index is 13.2. The number of tetrazole rings is 1. The topological polar surface area (TPSA) is 111 Å². The van der Waals surface area contributed by atoms with E-state index >= 15 is 0 Å². The van der Waals surface area contributed by atoms with E-state index in [4.69, 9.17) is 4.74 Å². The molecule has 1 amide bonds. The minimum absolute atomic E-state index is 0.0578. The quantitative estimate of drug-likeness (QED) is 0.340. The van der Waals surface area contributed by atoms with Gasteiger partial charge in [-0.1, -0.05) is 12.1 Å². The first kappa shape index (κ1) is 24.7. The Morgan fingerprint density at radius 1 is 1.22 bits per heavy atom. The van der Waals surface area contributed by atoms with Gasteiger partial charge in [0.2, 0.25) is 5.82 Å². The van der Waals surface area contributed by atoms with Crippen LogP contribution in [0.3, 0.4) is 0 Å². The summed E-state index contributed by atoms with van der Waals surface area (Å²) in [6.45, 7) is 3.02. The first-order chi connectivity index (χ1) is 17.7. The molecule has 0 unspecified atom stereocenters. The predicted molar refractivity (Wildman–Crippen MR) is 129 cm³/mol. The lowest BCUT2D eigenvalue weighted by molar-refractivity contribution is -0.203. The van der Waals surface area contributed by atoms with E-state index in [9.17, 15) is 18.0 Å². The Morgan fingerprint density at radius 2 is 2.03 bits per heavy atom. The number of ether oxygens (including phenoxy) is 1. The number of pyridine rings is 1. The van der Waals surface area contributed by atoms with Crippen molar-refractivity contribution in [2.45, 2.75) is 32.0 Å². The van der Waals surface area contributed by atoms with E-state index < -0.39 is 18.1 Å². The largest absolute Gasteiger partial charge is 0.391 e. The molecule has 0 spiro atoms. The van der Waals surface area contributed by atoms with E-state index in [0.717, 1.165) is 11.3 Å². The van der Waals surface area contributed by atoms with E-state index in [0.29, 0.717) is 35.5 Å². The van der Waals surface area contributed by atoms with Gasteiger partial charge in [-0.2, -0.15) is 23.1 Å². The molecule has 5 rings (SSSR count). The van der Waals surface area contributed by atoms with Gasteiger partial charge in [-0.3, -0.25) is 4.79 Å². The summed E-state index contributed by atoms with van der Waals surface area (Å²) in [5, 5.41) is 22.7. The number of carbonyl (C=O) groups is 1. The number of alkyl halides is 3. The van der Waals surface area contributed by atoms with Crippen LogP contribution in [0.25, 0.3) is 16.9 Å². The van der Waals surface area contributed by atoms with E-state index in [1.54, 1.807) is 30.0 Å². The Labute approximate surface area is 209 Å². The number of anilines is 2. The molecule has 13 heteroatoms. The molecule has 0 radical (unpaired) electrons. The summed E-state index contributed by atoms with van der Waals surface area (Å²) < 4.78 is 45.1. The van der Waals surface area contributed by atoms with Crippen molar-refractivity contribution < 1.29 is 22.7 Å². The molecule has 2 N–H and O–H groups in total. The van der Waals surface area contributed by atoms with Crippen LogP contribution in [0.15, 0.2) is 42.7 Å². The van der Waals surface area contributed by atoms with Crippen LogP contribution in [0, 0.1) is 12.8 Å². The Kier molecular flexibility index (Phi) is 6.54. The van der Waals surface area contributed by atoms with Gasteiger partial charge in [0.05, 0.1) is 35.8 Å². The number of carbonyl (C=O) groups excluding carboxylic acids is 1. The van der Waals surface area contributed by atoms with Crippen LogP contribution < -0.4 is 10.6 Å². The Bertz CT molecular complexity index is 1430. The maximum atomic E-state index is 13.2. The summed E-state index contributed by atoms with van der Waals surface area (Å²) in [7, 11) is 1.63. The highest BCUT2D eigenvalue weighted by atomic mass is 19.4. The number of aromatic nitrogens is 6. The summed E-state index contributed by atoms with van der Waals surface area (Å²) >= 11 is 0. The average molecular weight is 515 g/mol. The van der Waals surface area contributed by atoms with Gasteiger partial charge in [-0.05, 0) is 48.7 Å². The molecule has 1 aromatic carbocycles. The molecule has 0 atom stereocenters. The third-order valence-corrected chi connectivity index (χ3v) is 6.48. The van der Waals surface area contributed by atoms with Gasteiger partial charge >= 0.3 is 6.18 Å². The zero-order valence-electron chi connectivity index (χ0n) is 20.2. The van der Waals surface area contributed by atoms with Crippen molar-refractivity contribution in [3.05, 3.63) is 53.9 Å². The van der Waals surface area contributed by atoms with Gasteiger partial charge in [-0.25, -0.2) is 4.52 Å². The number of hydrogen-bond donors (Lipinski definition) is 2. The maximum Gasteiger partial charge on any atom is 0.391 e. The van der Waals surface area contributed by atoms with Crippen molar-refractivity contribution in [3.8, 4) is 11.4 Å². The van der Waals surface area contributed by atoms with Gasteiger partial charge in [0, 0.05) is 36.8 Å². The van der Waals surface area contributed by atoms with Crippen LogP contribution in [0.1, 0.15) is 34.8 Å². The Hall–Kier alpha value is -4.00. The number of aryl methyl sites for hydroxylation is 1. The van der Waals surface area contributed by atoms with Crippen molar-refractivity contribution in [1.29, 1.82) is 0 Å². The smallest absolute Gasteiger partial charge is 0.383 e. The standard InChI is InChI=1S/C24H25F3N8O2/c1-14-3-4-15(22-31-33-35(32-22)18-10-16(11-18)24(25,26)27)9-20(14)30-23(36)19-13-29-34-7-5-17(12-21(19)34)28-6-8-37-2/h3-5,7,9,12-13,16,18,28H,6,8,10-11H2,1-2H3,(H,30,36)/t16-,18+. The number of nitrogens with zero attached hydrogens (tertiary/aromatic N) is 6. The lowest BCUT2D eigenvalue weighted by Gasteiger charge is -2.35. The number of benzene rings is 1. The third-order valence-electron chi connectivity index (χ3n) is 6.48. The fourth-order valence-corrected chi connectivity index (χ4v) is 4.19. The van der Waals surface area contributed by atoms with Crippen LogP contribution in [-0.4, -0.2) is 62.2 Å². The summed E-state index contributed by atoms with van der Waals surface area (Å²) in [6.07, 6.45) is -1.05. The molecule has 0 bridgehead atoms. The number of fused-ring (bicyclic) bond motifs is 1. The normalized spacial score (nSPS) is 17.5. The van der Waals surface area contributed by atoms with Gasteiger partial charge < -0.3 is 15.4 Å². The first-order valence-electron chi connectivity index (χ1n) is 11.7. The summed E-state index contributed by atoms with van der Waals surface area (Å²) in [5.74, 6) is -1.40. The van der Waals surface area contributed by atoms with Crippen LogP contribution >= 0.6 is 0 Å². The third kappa shape index (κ3) is 5.12.